The molecule has 2 saturated heterocycles. The summed E-state index contributed by atoms with van der Waals surface area (Å²) < 4.78 is 38.8. The van der Waals surface area contributed by atoms with E-state index in [1.165, 1.54) is 12.5 Å². The molecule has 0 radical (unpaired) electrons. The molecule has 2 unspecified atom stereocenters. The van der Waals surface area contributed by atoms with Gasteiger partial charge in [-0.2, -0.15) is 13.2 Å². The molecule has 6 heteroatoms. The van der Waals surface area contributed by atoms with E-state index >= 15 is 0 Å². The molecule has 2 aliphatic rings. The minimum Gasteiger partial charge on any atom is -0.366 e. The lowest BCUT2D eigenvalue weighted by Gasteiger charge is -2.43. The first-order valence-corrected chi connectivity index (χ1v) is 7.61. The molecule has 116 valence electrons. The Hall–Kier alpha value is -0.940. The Morgan fingerprint density at radius 3 is 2.67 bits per heavy atom. The number of halogens is 4. The van der Waals surface area contributed by atoms with Gasteiger partial charge >= 0.3 is 6.18 Å². The normalized spacial score (nSPS) is 27.0. The van der Waals surface area contributed by atoms with E-state index < -0.39 is 11.7 Å². The zero-order valence-electron chi connectivity index (χ0n) is 11.8. The average molecular weight is 319 g/mol. The van der Waals surface area contributed by atoms with Gasteiger partial charge in [-0.3, -0.25) is 4.90 Å². The molecule has 2 heterocycles. The molecule has 21 heavy (non-hydrogen) atoms. The van der Waals surface area contributed by atoms with E-state index in [0.717, 1.165) is 32.1 Å². The lowest BCUT2D eigenvalue weighted by atomic mass is 10.1. The quantitative estimate of drug-likeness (QED) is 0.771. The molecule has 1 aromatic carbocycles. The first kappa shape index (κ1) is 15.0. The Balaban J connectivity index is 1.90. The van der Waals surface area contributed by atoms with Crippen LogP contribution in [0.15, 0.2) is 18.2 Å². The Labute approximate surface area is 127 Å². The fraction of sp³-hybridized carbons (Fsp3) is 0.600. The van der Waals surface area contributed by atoms with E-state index in [4.69, 9.17) is 11.6 Å². The molecule has 0 bridgehead atoms. The van der Waals surface area contributed by atoms with Crippen molar-refractivity contribution in [3.05, 3.63) is 28.8 Å². The lowest BCUT2D eigenvalue weighted by molar-refractivity contribution is -0.137. The number of hydrogen-bond acceptors (Lipinski definition) is 2. The molecule has 0 aromatic heterocycles. The second kappa shape index (κ2) is 5.36. The number of anilines is 1. The average Bonchev–Trinajstić information content (AvgIpc) is 2.83. The van der Waals surface area contributed by atoms with Crippen LogP contribution in [0.5, 0.6) is 0 Å². The SMILES string of the molecule is CC1CN2CCCC2CN1c1cc(Cl)cc(C(F)(F)F)c1. The van der Waals surface area contributed by atoms with Crippen LogP contribution in [0.2, 0.25) is 5.02 Å². The van der Waals surface area contributed by atoms with Crippen molar-refractivity contribution in [3.63, 3.8) is 0 Å². The molecule has 2 aliphatic heterocycles. The van der Waals surface area contributed by atoms with Gasteiger partial charge in [0.05, 0.1) is 5.56 Å². The van der Waals surface area contributed by atoms with Crippen molar-refractivity contribution < 1.29 is 13.2 Å². The summed E-state index contributed by atoms with van der Waals surface area (Å²) in [6, 6.07) is 4.49. The largest absolute Gasteiger partial charge is 0.416 e. The molecular formula is C15H18ClF3N2. The highest BCUT2D eigenvalue weighted by atomic mass is 35.5. The van der Waals surface area contributed by atoms with Gasteiger partial charge in [0.15, 0.2) is 0 Å². The third-order valence-electron chi connectivity index (χ3n) is 4.48. The van der Waals surface area contributed by atoms with Gasteiger partial charge in [-0.25, -0.2) is 0 Å². The maximum Gasteiger partial charge on any atom is 0.416 e. The second-order valence-electron chi connectivity index (χ2n) is 5.99. The summed E-state index contributed by atoms with van der Waals surface area (Å²) in [7, 11) is 0. The molecular weight excluding hydrogens is 301 g/mol. The van der Waals surface area contributed by atoms with Crippen molar-refractivity contribution in [1.29, 1.82) is 0 Å². The predicted octanol–water partition coefficient (Wildman–Crippen LogP) is 4.03. The zero-order valence-corrected chi connectivity index (χ0v) is 12.6. The van der Waals surface area contributed by atoms with Gasteiger partial charge in [-0.15, -0.1) is 0 Å². The molecule has 0 N–H and O–H groups in total. The van der Waals surface area contributed by atoms with Gasteiger partial charge in [0, 0.05) is 35.9 Å². The van der Waals surface area contributed by atoms with Crippen molar-refractivity contribution in [2.75, 3.05) is 24.5 Å². The van der Waals surface area contributed by atoms with Gasteiger partial charge in [0.1, 0.15) is 0 Å². The number of nitrogens with zero attached hydrogens (tertiary/aromatic N) is 2. The molecule has 3 rings (SSSR count). The molecule has 0 saturated carbocycles. The topological polar surface area (TPSA) is 6.48 Å². The van der Waals surface area contributed by atoms with Gasteiger partial charge < -0.3 is 4.90 Å². The number of fused-ring (bicyclic) bond motifs is 1. The van der Waals surface area contributed by atoms with Gasteiger partial charge in [-0.1, -0.05) is 11.6 Å². The smallest absolute Gasteiger partial charge is 0.366 e. The number of rotatable bonds is 1. The minimum absolute atomic E-state index is 0.140. The Morgan fingerprint density at radius 1 is 1.19 bits per heavy atom. The van der Waals surface area contributed by atoms with E-state index in [2.05, 4.69) is 16.7 Å². The molecule has 2 nitrogen and oxygen atoms in total. The summed E-state index contributed by atoms with van der Waals surface area (Å²) in [5, 5.41) is 0.140. The number of benzene rings is 1. The Morgan fingerprint density at radius 2 is 1.95 bits per heavy atom. The maximum absolute atomic E-state index is 12.9. The van der Waals surface area contributed by atoms with E-state index in [0.29, 0.717) is 11.7 Å². The standard InChI is InChI=1S/C15H18ClF3N2/c1-10-8-20-4-2-3-13(20)9-21(10)14-6-11(15(17,18)19)5-12(16)7-14/h5-7,10,13H,2-4,8-9H2,1H3. The van der Waals surface area contributed by atoms with Gasteiger partial charge in [0.2, 0.25) is 0 Å². The first-order chi connectivity index (χ1) is 9.84. The fourth-order valence-corrected chi connectivity index (χ4v) is 3.68. The zero-order chi connectivity index (χ0) is 15.2. The summed E-state index contributed by atoms with van der Waals surface area (Å²) in [6.07, 6.45) is -2.07. The van der Waals surface area contributed by atoms with Crippen LogP contribution in [0.25, 0.3) is 0 Å². The van der Waals surface area contributed by atoms with Crippen LogP contribution in [0.4, 0.5) is 18.9 Å². The van der Waals surface area contributed by atoms with Crippen LogP contribution < -0.4 is 4.90 Å². The summed E-state index contributed by atoms with van der Waals surface area (Å²) in [5.41, 5.74) is -0.0973. The van der Waals surface area contributed by atoms with Crippen LogP contribution in [0.3, 0.4) is 0 Å². The molecule has 1 aromatic rings. The number of alkyl halides is 3. The Kier molecular flexibility index (Phi) is 3.82. The number of hydrogen-bond donors (Lipinski definition) is 0. The van der Waals surface area contributed by atoms with Crippen molar-refractivity contribution in [3.8, 4) is 0 Å². The lowest BCUT2D eigenvalue weighted by Crippen LogP contribution is -2.55. The van der Waals surface area contributed by atoms with Crippen LogP contribution in [-0.4, -0.2) is 36.6 Å². The fourth-order valence-electron chi connectivity index (χ4n) is 3.45. The van der Waals surface area contributed by atoms with Gasteiger partial charge in [-0.05, 0) is 44.5 Å². The van der Waals surface area contributed by atoms with Crippen LogP contribution in [-0.2, 0) is 6.18 Å². The molecule has 0 spiro atoms. The van der Waals surface area contributed by atoms with E-state index in [1.54, 1.807) is 6.07 Å². The molecule has 2 fully saturated rings. The van der Waals surface area contributed by atoms with E-state index in [1.807, 2.05) is 0 Å². The third-order valence-corrected chi connectivity index (χ3v) is 4.70. The van der Waals surface area contributed by atoms with Crippen LogP contribution >= 0.6 is 11.6 Å². The summed E-state index contributed by atoms with van der Waals surface area (Å²) >= 11 is 5.90. The van der Waals surface area contributed by atoms with Crippen molar-refractivity contribution in [1.82, 2.24) is 4.90 Å². The summed E-state index contributed by atoms with van der Waals surface area (Å²) in [5.74, 6) is 0. The minimum atomic E-state index is -4.36. The summed E-state index contributed by atoms with van der Waals surface area (Å²) in [6.45, 7) is 4.84. The Bertz CT molecular complexity index is 532. The summed E-state index contributed by atoms with van der Waals surface area (Å²) in [4.78, 5) is 4.50. The van der Waals surface area contributed by atoms with E-state index in [-0.39, 0.29) is 11.1 Å². The second-order valence-corrected chi connectivity index (χ2v) is 6.42. The predicted molar refractivity (Wildman–Crippen MR) is 77.9 cm³/mol. The first-order valence-electron chi connectivity index (χ1n) is 7.23. The molecule has 2 atom stereocenters. The molecule has 0 amide bonds. The van der Waals surface area contributed by atoms with Crippen LogP contribution in [0.1, 0.15) is 25.3 Å². The highest BCUT2D eigenvalue weighted by Crippen LogP contribution is 2.36. The highest BCUT2D eigenvalue weighted by molar-refractivity contribution is 6.31. The van der Waals surface area contributed by atoms with Crippen molar-refractivity contribution in [2.24, 2.45) is 0 Å². The van der Waals surface area contributed by atoms with E-state index in [9.17, 15) is 13.2 Å². The third kappa shape index (κ3) is 2.99. The highest BCUT2D eigenvalue weighted by Gasteiger charge is 2.36. The monoisotopic (exact) mass is 318 g/mol. The molecule has 0 aliphatic carbocycles. The van der Waals surface area contributed by atoms with Crippen molar-refractivity contribution in [2.45, 2.75) is 38.0 Å². The van der Waals surface area contributed by atoms with Gasteiger partial charge in [0.25, 0.3) is 0 Å². The van der Waals surface area contributed by atoms with Crippen molar-refractivity contribution >= 4 is 17.3 Å². The number of piperazine rings is 1. The maximum atomic E-state index is 12.9. The van der Waals surface area contributed by atoms with Crippen LogP contribution in [0, 0.1) is 0 Å².